The van der Waals surface area contributed by atoms with Gasteiger partial charge in [-0.1, -0.05) is 84.4 Å². The molecule has 47 heavy (non-hydrogen) atoms. The largest absolute Gasteiger partial charge is 0.394 e. The fraction of sp³-hybridized carbons (Fsp3) is 0.189. The number of rotatable bonds is 10. The van der Waals surface area contributed by atoms with Crippen LogP contribution in [0.5, 0.6) is 0 Å². The number of carbonyl (C=O) groups excluding carboxylic acids is 2. The van der Waals surface area contributed by atoms with Crippen LogP contribution in [0.1, 0.15) is 37.7 Å². The van der Waals surface area contributed by atoms with Crippen molar-refractivity contribution in [2.24, 2.45) is 5.73 Å². The lowest BCUT2D eigenvalue weighted by atomic mass is 9.91. The number of amides is 2. The maximum absolute atomic E-state index is 14.3. The van der Waals surface area contributed by atoms with E-state index in [2.05, 4.69) is 9.88 Å². The predicted octanol–water partition coefficient (Wildman–Crippen LogP) is 4.59. The van der Waals surface area contributed by atoms with Crippen LogP contribution in [-0.2, 0) is 19.6 Å². The van der Waals surface area contributed by atoms with E-state index in [1.807, 2.05) is 84.9 Å². The number of aliphatic hydroxyl groups is 3. The van der Waals surface area contributed by atoms with Gasteiger partial charge in [0.25, 0.3) is 5.91 Å². The van der Waals surface area contributed by atoms with Crippen LogP contribution in [-0.4, -0.2) is 57.1 Å². The second-order valence-corrected chi connectivity index (χ2v) is 12.1. The molecule has 0 bridgehead atoms. The molecule has 0 fully saturated rings. The standard InChI is InChI=1S/C37H35ClN4O5/c38-32-17-25(30-11-6-10-29(34(30)35(39)46)24-7-2-1-3-8-24)13-16-31(32)36(47)42-20-28-15-14-27(18-40-37(21-43,22-44)23-45)41(28)19-26-9-4-5-12-33(26)42/h1-17,40,43-45H,18-23H2,(H2,39,46). The minimum atomic E-state index is -1.22. The number of nitrogens with one attached hydrogen (secondary N) is 1. The fourth-order valence-corrected chi connectivity index (χ4v) is 6.33. The molecule has 0 saturated heterocycles. The van der Waals surface area contributed by atoms with Gasteiger partial charge < -0.3 is 30.5 Å². The Bertz CT molecular complexity index is 1930. The number of aliphatic hydroxyl groups excluding tert-OH is 3. The van der Waals surface area contributed by atoms with Crippen molar-refractivity contribution in [3.8, 4) is 22.3 Å². The zero-order valence-corrected chi connectivity index (χ0v) is 26.3. The summed E-state index contributed by atoms with van der Waals surface area (Å²) in [6, 6.07) is 31.8. The number of hydrogen-bond donors (Lipinski definition) is 5. The Morgan fingerprint density at radius 2 is 1.47 bits per heavy atom. The first kappa shape index (κ1) is 32.2. The number of primary amides is 1. The van der Waals surface area contributed by atoms with E-state index in [1.165, 1.54) is 0 Å². The fourth-order valence-electron chi connectivity index (χ4n) is 6.07. The van der Waals surface area contributed by atoms with Crippen molar-refractivity contribution < 1.29 is 24.9 Å². The first-order chi connectivity index (χ1) is 22.8. The molecule has 0 saturated carbocycles. The summed E-state index contributed by atoms with van der Waals surface area (Å²) in [5, 5.41) is 32.6. The Labute approximate surface area is 277 Å². The molecule has 0 radical (unpaired) electrons. The van der Waals surface area contributed by atoms with Crippen molar-refractivity contribution in [3.05, 3.63) is 136 Å². The van der Waals surface area contributed by atoms with E-state index in [0.717, 1.165) is 28.2 Å². The number of nitrogens with two attached hydrogens (primary N) is 1. The highest BCUT2D eigenvalue weighted by molar-refractivity contribution is 6.35. The molecule has 6 rings (SSSR count). The molecule has 0 atom stereocenters. The molecule has 240 valence electrons. The maximum atomic E-state index is 14.3. The van der Waals surface area contributed by atoms with Crippen LogP contribution in [0.2, 0.25) is 5.02 Å². The number of para-hydroxylation sites is 1. The second-order valence-electron chi connectivity index (χ2n) is 11.7. The van der Waals surface area contributed by atoms with Gasteiger partial charge >= 0.3 is 0 Å². The maximum Gasteiger partial charge on any atom is 0.260 e. The lowest BCUT2D eigenvalue weighted by Gasteiger charge is -2.29. The van der Waals surface area contributed by atoms with E-state index in [1.54, 1.807) is 23.1 Å². The third kappa shape index (κ3) is 6.19. The van der Waals surface area contributed by atoms with Crippen LogP contribution in [0.4, 0.5) is 5.69 Å². The van der Waals surface area contributed by atoms with E-state index >= 15 is 0 Å². The van der Waals surface area contributed by atoms with Crippen molar-refractivity contribution in [1.29, 1.82) is 0 Å². The molecule has 9 nitrogen and oxygen atoms in total. The molecule has 0 unspecified atom stereocenters. The summed E-state index contributed by atoms with van der Waals surface area (Å²) < 4.78 is 2.09. The van der Waals surface area contributed by atoms with Crippen LogP contribution >= 0.6 is 11.6 Å². The smallest absolute Gasteiger partial charge is 0.260 e. The molecular weight excluding hydrogens is 616 g/mol. The van der Waals surface area contributed by atoms with Gasteiger partial charge in [-0.05, 0) is 58.1 Å². The van der Waals surface area contributed by atoms with E-state index in [-0.39, 0.29) is 24.0 Å². The van der Waals surface area contributed by atoms with Crippen molar-refractivity contribution in [2.75, 3.05) is 24.7 Å². The Morgan fingerprint density at radius 1 is 0.787 bits per heavy atom. The molecule has 1 aromatic heterocycles. The number of carbonyl (C=O) groups is 2. The first-order valence-corrected chi connectivity index (χ1v) is 15.6. The van der Waals surface area contributed by atoms with Crippen molar-refractivity contribution in [1.82, 2.24) is 9.88 Å². The van der Waals surface area contributed by atoms with Gasteiger partial charge in [-0.3, -0.25) is 14.9 Å². The lowest BCUT2D eigenvalue weighted by molar-refractivity contribution is 0.0409. The van der Waals surface area contributed by atoms with Crippen LogP contribution in [0.15, 0.2) is 103 Å². The van der Waals surface area contributed by atoms with Crippen LogP contribution in [0.25, 0.3) is 22.3 Å². The highest BCUT2D eigenvalue weighted by atomic mass is 35.5. The number of halogens is 1. The minimum Gasteiger partial charge on any atom is -0.394 e. The first-order valence-electron chi connectivity index (χ1n) is 15.2. The molecule has 6 N–H and O–H groups in total. The third-order valence-corrected chi connectivity index (χ3v) is 9.11. The molecule has 10 heteroatoms. The summed E-state index contributed by atoms with van der Waals surface area (Å²) in [5.74, 6) is -0.847. The molecular formula is C37H35ClN4O5. The van der Waals surface area contributed by atoms with Gasteiger partial charge in [-0.15, -0.1) is 0 Å². The van der Waals surface area contributed by atoms with E-state index in [9.17, 15) is 24.9 Å². The van der Waals surface area contributed by atoms with Gasteiger partial charge in [-0.2, -0.15) is 0 Å². The summed E-state index contributed by atoms with van der Waals surface area (Å²) in [4.78, 5) is 28.7. The van der Waals surface area contributed by atoms with Crippen molar-refractivity contribution in [2.45, 2.75) is 25.2 Å². The molecule has 2 amide bonds. The quantitative estimate of drug-likeness (QED) is 0.150. The number of fused-ring (bicyclic) bond motifs is 2. The van der Waals surface area contributed by atoms with Crippen LogP contribution in [0.3, 0.4) is 0 Å². The van der Waals surface area contributed by atoms with Gasteiger partial charge in [0, 0.05) is 30.2 Å². The highest BCUT2D eigenvalue weighted by Gasteiger charge is 2.30. The van der Waals surface area contributed by atoms with Crippen LogP contribution in [0, 0.1) is 0 Å². The van der Waals surface area contributed by atoms with Gasteiger partial charge in [-0.25, -0.2) is 0 Å². The Morgan fingerprint density at radius 3 is 2.15 bits per heavy atom. The third-order valence-electron chi connectivity index (χ3n) is 8.80. The number of benzene rings is 4. The molecule has 4 aromatic carbocycles. The van der Waals surface area contributed by atoms with E-state index in [4.69, 9.17) is 17.3 Å². The van der Waals surface area contributed by atoms with Gasteiger partial charge in [0.2, 0.25) is 5.91 Å². The number of aromatic nitrogens is 1. The normalized spacial score (nSPS) is 12.7. The topological polar surface area (TPSA) is 141 Å². The molecule has 0 aliphatic carbocycles. The van der Waals surface area contributed by atoms with E-state index < -0.39 is 31.3 Å². The van der Waals surface area contributed by atoms with Gasteiger partial charge in [0.1, 0.15) is 0 Å². The minimum absolute atomic E-state index is 0.239. The van der Waals surface area contributed by atoms with Crippen molar-refractivity contribution >= 4 is 29.1 Å². The summed E-state index contributed by atoms with van der Waals surface area (Å²) in [6.07, 6.45) is 0. The number of hydrogen-bond acceptors (Lipinski definition) is 6. The van der Waals surface area contributed by atoms with Crippen molar-refractivity contribution in [3.63, 3.8) is 0 Å². The highest BCUT2D eigenvalue weighted by Crippen LogP contribution is 2.36. The zero-order chi connectivity index (χ0) is 33.1. The van der Waals surface area contributed by atoms with Gasteiger partial charge in [0.05, 0.1) is 48.1 Å². The SMILES string of the molecule is NC(=O)c1c(-c2ccccc2)cccc1-c1ccc(C(=O)N2Cc3ccc(CNC(CO)(CO)CO)n3Cc3ccccc32)c(Cl)c1. The summed E-state index contributed by atoms with van der Waals surface area (Å²) in [7, 11) is 0. The average Bonchev–Trinajstić information content (AvgIpc) is 3.39. The zero-order valence-electron chi connectivity index (χ0n) is 25.6. The van der Waals surface area contributed by atoms with Crippen LogP contribution < -0.4 is 16.0 Å². The number of nitrogens with zero attached hydrogens (tertiary/aromatic N) is 2. The lowest BCUT2D eigenvalue weighted by Crippen LogP contribution is -2.54. The monoisotopic (exact) mass is 650 g/mol. The summed E-state index contributed by atoms with van der Waals surface area (Å²) in [6.45, 7) is -0.251. The molecule has 0 spiro atoms. The Balaban J connectivity index is 1.33. The molecule has 2 heterocycles. The van der Waals surface area contributed by atoms with E-state index in [0.29, 0.717) is 34.4 Å². The Kier molecular flexibility index (Phi) is 9.26. The molecule has 1 aliphatic rings. The predicted molar refractivity (Wildman–Crippen MR) is 182 cm³/mol. The Hall–Kier alpha value is -4.77. The summed E-state index contributed by atoms with van der Waals surface area (Å²) >= 11 is 6.84. The summed E-state index contributed by atoms with van der Waals surface area (Å²) in [5.41, 5.74) is 11.6. The number of anilines is 1. The van der Waals surface area contributed by atoms with Gasteiger partial charge in [0.15, 0.2) is 0 Å². The molecule has 1 aliphatic heterocycles. The average molecular weight is 651 g/mol. The molecule has 5 aromatic rings. The second kappa shape index (κ2) is 13.5.